The monoisotopic (exact) mass is 352 g/mol. The Kier molecular flexibility index (Phi) is 12.3. The van der Waals surface area contributed by atoms with Gasteiger partial charge in [-0.05, 0) is 31.6 Å². The highest BCUT2D eigenvalue weighted by molar-refractivity contribution is 5.75. The number of carboxylic acid groups (broad SMARTS) is 1. The van der Waals surface area contributed by atoms with Crippen molar-refractivity contribution in [2.45, 2.75) is 129 Å². The van der Waals surface area contributed by atoms with Crippen molar-refractivity contribution < 1.29 is 9.90 Å². The van der Waals surface area contributed by atoms with Gasteiger partial charge in [-0.3, -0.25) is 4.79 Å². The summed E-state index contributed by atoms with van der Waals surface area (Å²) in [4.78, 5) is 12.2. The van der Waals surface area contributed by atoms with Crippen LogP contribution in [0.2, 0.25) is 0 Å². The highest BCUT2D eigenvalue weighted by Crippen LogP contribution is 2.47. The second-order valence-electron chi connectivity index (χ2n) is 8.48. The van der Waals surface area contributed by atoms with Crippen LogP contribution in [0.3, 0.4) is 0 Å². The van der Waals surface area contributed by atoms with Gasteiger partial charge in [0.05, 0.1) is 5.41 Å². The summed E-state index contributed by atoms with van der Waals surface area (Å²) in [5, 5.41) is 10.1. The molecule has 0 aromatic rings. The van der Waals surface area contributed by atoms with Crippen molar-refractivity contribution in [3.05, 3.63) is 0 Å². The van der Waals surface area contributed by atoms with Gasteiger partial charge in [-0.2, -0.15) is 0 Å². The minimum atomic E-state index is -0.489. The number of unbranched alkanes of at least 4 members (excludes halogenated alkanes) is 10. The Morgan fingerprint density at radius 1 is 0.840 bits per heavy atom. The number of carboxylic acids is 1. The highest BCUT2D eigenvalue weighted by atomic mass is 16.4. The molecule has 2 heteroatoms. The van der Waals surface area contributed by atoms with E-state index < -0.39 is 11.4 Å². The number of hydrogen-bond acceptors (Lipinski definition) is 1. The lowest BCUT2D eigenvalue weighted by Crippen LogP contribution is -2.41. The van der Waals surface area contributed by atoms with E-state index in [2.05, 4.69) is 13.8 Å². The van der Waals surface area contributed by atoms with Crippen molar-refractivity contribution in [2.24, 2.45) is 11.3 Å². The molecule has 25 heavy (non-hydrogen) atoms. The first-order chi connectivity index (χ1) is 12.2. The lowest BCUT2D eigenvalue weighted by atomic mass is 9.62. The van der Waals surface area contributed by atoms with E-state index in [0.717, 1.165) is 38.5 Å². The van der Waals surface area contributed by atoms with E-state index in [9.17, 15) is 9.90 Å². The van der Waals surface area contributed by atoms with Gasteiger partial charge < -0.3 is 5.11 Å². The average molecular weight is 353 g/mol. The minimum Gasteiger partial charge on any atom is -0.481 e. The lowest BCUT2D eigenvalue weighted by molar-refractivity contribution is -0.156. The van der Waals surface area contributed by atoms with Gasteiger partial charge in [0.25, 0.3) is 0 Å². The summed E-state index contributed by atoms with van der Waals surface area (Å²) in [5.74, 6) is -0.0580. The molecule has 1 saturated carbocycles. The van der Waals surface area contributed by atoms with Crippen molar-refractivity contribution in [1.82, 2.24) is 0 Å². The van der Waals surface area contributed by atoms with Gasteiger partial charge in [-0.15, -0.1) is 0 Å². The summed E-state index contributed by atoms with van der Waals surface area (Å²) in [6.45, 7) is 4.50. The molecule has 1 aliphatic rings. The maximum atomic E-state index is 12.2. The molecule has 2 atom stereocenters. The number of hydrogen-bond donors (Lipinski definition) is 1. The second-order valence-corrected chi connectivity index (χ2v) is 8.48. The van der Waals surface area contributed by atoms with Crippen molar-refractivity contribution in [2.75, 3.05) is 0 Å². The summed E-state index contributed by atoms with van der Waals surface area (Å²) < 4.78 is 0. The van der Waals surface area contributed by atoms with Crippen LogP contribution in [0, 0.1) is 11.3 Å². The Balaban J connectivity index is 2.43. The van der Waals surface area contributed by atoms with Crippen LogP contribution in [0.5, 0.6) is 0 Å². The first-order valence-electron chi connectivity index (χ1n) is 11.4. The molecule has 0 aliphatic heterocycles. The molecule has 2 unspecified atom stereocenters. The fraction of sp³-hybridized carbons (Fsp3) is 0.957. The molecule has 2 nitrogen and oxygen atoms in total. The molecule has 1 fully saturated rings. The molecular weight excluding hydrogens is 308 g/mol. The number of rotatable bonds is 15. The third kappa shape index (κ3) is 8.13. The van der Waals surface area contributed by atoms with Crippen LogP contribution in [0.25, 0.3) is 0 Å². The van der Waals surface area contributed by atoms with Crippen molar-refractivity contribution in [1.29, 1.82) is 0 Å². The first kappa shape index (κ1) is 22.5. The molecule has 0 spiro atoms. The Morgan fingerprint density at radius 3 is 2.00 bits per heavy atom. The standard InChI is InChI=1S/C23H44O2/c1-3-5-7-9-11-13-17-21-18-14-16-20-23(21,22(24)25)19-15-12-10-8-6-4-2/h21H,3-20H2,1-2H3,(H,24,25). The zero-order chi connectivity index (χ0) is 18.4. The molecule has 148 valence electrons. The fourth-order valence-electron chi connectivity index (χ4n) is 4.84. The predicted octanol–water partition coefficient (Wildman–Crippen LogP) is 7.75. The Hall–Kier alpha value is -0.530. The van der Waals surface area contributed by atoms with E-state index >= 15 is 0 Å². The molecule has 1 N–H and O–H groups in total. The molecule has 0 aromatic heterocycles. The van der Waals surface area contributed by atoms with Gasteiger partial charge >= 0.3 is 5.97 Å². The summed E-state index contributed by atoms with van der Waals surface area (Å²) in [6, 6.07) is 0. The summed E-state index contributed by atoms with van der Waals surface area (Å²) in [5.41, 5.74) is -0.396. The van der Waals surface area contributed by atoms with Crippen molar-refractivity contribution in [3.63, 3.8) is 0 Å². The quantitative estimate of drug-likeness (QED) is 0.306. The third-order valence-electron chi connectivity index (χ3n) is 6.52. The molecule has 1 aliphatic carbocycles. The smallest absolute Gasteiger partial charge is 0.309 e. The summed E-state index contributed by atoms with van der Waals surface area (Å²) in [7, 11) is 0. The van der Waals surface area contributed by atoms with Crippen molar-refractivity contribution in [3.8, 4) is 0 Å². The SMILES string of the molecule is CCCCCCCCC1CCCCC1(CCCCCCCC)C(=O)O. The molecular formula is C23H44O2. The lowest BCUT2D eigenvalue weighted by Gasteiger charge is -2.41. The van der Waals surface area contributed by atoms with Gasteiger partial charge in [0.2, 0.25) is 0 Å². The Bertz CT molecular complexity index is 339. The molecule has 1 rings (SSSR count). The molecule has 0 aromatic carbocycles. The topological polar surface area (TPSA) is 37.3 Å². The summed E-state index contributed by atoms with van der Waals surface area (Å²) >= 11 is 0. The maximum absolute atomic E-state index is 12.2. The van der Waals surface area contributed by atoms with Crippen LogP contribution >= 0.6 is 0 Å². The molecule has 0 radical (unpaired) electrons. The minimum absolute atomic E-state index is 0.396. The molecule has 0 bridgehead atoms. The van der Waals surface area contributed by atoms with Gasteiger partial charge in [-0.25, -0.2) is 0 Å². The second kappa shape index (κ2) is 13.6. The van der Waals surface area contributed by atoms with E-state index in [4.69, 9.17) is 0 Å². The molecule has 0 saturated heterocycles. The van der Waals surface area contributed by atoms with Gasteiger partial charge in [0.1, 0.15) is 0 Å². The molecule has 0 amide bonds. The van der Waals surface area contributed by atoms with Crippen LogP contribution in [-0.4, -0.2) is 11.1 Å². The van der Waals surface area contributed by atoms with E-state index in [1.807, 2.05) is 0 Å². The van der Waals surface area contributed by atoms with E-state index in [-0.39, 0.29) is 0 Å². The average Bonchev–Trinajstić information content (AvgIpc) is 2.61. The third-order valence-corrected chi connectivity index (χ3v) is 6.52. The van der Waals surface area contributed by atoms with Crippen LogP contribution in [0.1, 0.15) is 129 Å². The normalized spacial score (nSPS) is 23.7. The van der Waals surface area contributed by atoms with Crippen LogP contribution in [0.15, 0.2) is 0 Å². The van der Waals surface area contributed by atoms with Gasteiger partial charge in [0.15, 0.2) is 0 Å². The van der Waals surface area contributed by atoms with Crippen LogP contribution < -0.4 is 0 Å². The first-order valence-corrected chi connectivity index (χ1v) is 11.4. The zero-order valence-corrected chi connectivity index (χ0v) is 17.2. The predicted molar refractivity (Wildman–Crippen MR) is 108 cm³/mol. The van der Waals surface area contributed by atoms with E-state index in [0.29, 0.717) is 5.92 Å². The van der Waals surface area contributed by atoms with Gasteiger partial charge in [-0.1, -0.05) is 104 Å². The van der Waals surface area contributed by atoms with Crippen LogP contribution in [0.4, 0.5) is 0 Å². The maximum Gasteiger partial charge on any atom is 0.309 e. The zero-order valence-electron chi connectivity index (χ0n) is 17.2. The van der Waals surface area contributed by atoms with E-state index in [1.54, 1.807) is 0 Å². The van der Waals surface area contributed by atoms with Gasteiger partial charge in [0, 0.05) is 0 Å². The molecule has 0 heterocycles. The van der Waals surface area contributed by atoms with Crippen LogP contribution in [-0.2, 0) is 4.79 Å². The number of carbonyl (C=O) groups is 1. The Morgan fingerprint density at radius 2 is 1.40 bits per heavy atom. The summed E-state index contributed by atoms with van der Waals surface area (Å²) in [6.07, 6.45) is 21.9. The Labute approximate surface area is 157 Å². The van der Waals surface area contributed by atoms with E-state index in [1.165, 1.54) is 77.0 Å². The number of aliphatic carboxylic acids is 1. The largest absolute Gasteiger partial charge is 0.481 e. The van der Waals surface area contributed by atoms with Crippen molar-refractivity contribution >= 4 is 5.97 Å². The highest BCUT2D eigenvalue weighted by Gasteiger charge is 2.45. The fourth-order valence-corrected chi connectivity index (χ4v) is 4.84.